The number of hydrogen-bond donors (Lipinski definition) is 2. The number of aromatic nitrogens is 2. The number of carboxylic acids is 2. The van der Waals surface area contributed by atoms with Gasteiger partial charge < -0.3 is 10.2 Å². The van der Waals surface area contributed by atoms with E-state index in [0.717, 1.165) is 10.9 Å². The van der Waals surface area contributed by atoms with Crippen LogP contribution in [0.5, 0.6) is 0 Å². The van der Waals surface area contributed by atoms with Crippen molar-refractivity contribution in [3.63, 3.8) is 0 Å². The minimum atomic E-state index is -1.04. The maximum absolute atomic E-state index is 10.7. The predicted octanol–water partition coefficient (Wildman–Crippen LogP) is -0.790. The summed E-state index contributed by atoms with van der Waals surface area (Å²) < 4.78 is 1.70. The Morgan fingerprint density at radius 3 is 2.23 bits per heavy atom. The Bertz CT molecular complexity index is 584. The molecule has 7 nitrogen and oxygen atoms in total. The van der Waals surface area contributed by atoms with Gasteiger partial charge in [-0.2, -0.15) is 5.10 Å². The molecule has 0 unspecified atom stereocenters. The summed E-state index contributed by atoms with van der Waals surface area (Å²) in [5.74, 6) is -2.09. The first kappa shape index (κ1) is 21.6. The van der Waals surface area contributed by atoms with Crippen molar-refractivity contribution >= 4 is 82.0 Å². The number of carbonyl (C=O) groups is 2. The molecule has 0 fully saturated rings. The Balaban J connectivity index is 0.00000220. The van der Waals surface area contributed by atoms with Crippen molar-refractivity contribution in [2.45, 2.75) is 6.54 Å². The molecule has 110 valence electrons. The van der Waals surface area contributed by atoms with E-state index in [1.165, 1.54) is 4.90 Å². The molecule has 0 amide bonds. The van der Waals surface area contributed by atoms with Gasteiger partial charge in [0.25, 0.3) is 0 Å². The van der Waals surface area contributed by atoms with Crippen molar-refractivity contribution < 1.29 is 19.8 Å². The molecule has 0 bridgehead atoms. The molecule has 9 heteroatoms. The third kappa shape index (κ3) is 6.78. The van der Waals surface area contributed by atoms with Gasteiger partial charge in [-0.25, -0.2) is 0 Å². The minimum absolute atomic E-state index is 0. The molecule has 1 aromatic heterocycles. The van der Waals surface area contributed by atoms with Gasteiger partial charge in [-0.15, -0.1) is 0 Å². The molecule has 0 radical (unpaired) electrons. The summed E-state index contributed by atoms with van der Waals surface area (Å²) in [5, 5.41) is 22.8. The number of benzene rings is 1. The van der Waals surface area contributed by atoms with Crippen LogP contribution in [0.4, 0.5) is 0 Å². The fourth-order valence-electron chi connectivity index (χ4n) is 1.97. The third-order valence-electron chi connectivity index (χ3n) is 2.82. The van der Waals surface area contributed by atoms with E-state index in [4.69, 9.17) is 10.2 Å². The summed E-state index contributed by atoms with van der Waals surface area (Å²) in [5.41, 5.74) is 0.857. The SMILES string of the molecule is O=C(O)CN(CCn1cc2ccccc2n1)CC(=O)O.[NaH].[NaH]. The molecule has 0 saturated carbocycles. The zero-order valence-electron chi connectivity index (χ0n) is 10.8. The van der Waals surface area contributed by atoms with E-state index >= 15 is 0 Å². The summed E-state index contributed by atoms with van der Waals surface area (Å²) in [6.07, 6.45) is 1.86. The van der Waals surface area contributed by atoms with Crippen LogP contribution in [0, 0.1) is 0 Å². The second-order valence-corrected chi connectivity index (χ2v) is 4.45. The molecule has 2 rings (SSSR count). The van der Waals surface area contributed by atoms with Crippen LogP contribution in [0.25, 0.3) is 10.9 Å². The number of fused-ring (bicyclic) bond motifs is 1. The van der Waals surface area contributed by atoms with Gasteiger partial charge in [0, 0.05) is 18.1 Å². The van der Waals surface area contributed by atoms with Gasteiger partial charge >= 0.3 is 71.1 Å². The molecule has 0 spiro atoms. The van der Waals surface area contributed by atoms with Crippen LogP contribution < -0.4 is 0 Å². The summed E-state index contributed by atoms with van der Waals surface area (Å²) in [6, 6.07) is 7.62. The summed E-state index contributed by atoms with van der Waals surface area (Å²) in [6.45, 7) is 0.155. The summed E-state index contributed by atoms with van der Waals surface area (Å²) >= 11 is 0. The van der Waals surface area contributed by atoms with Crippen molar-refractivity contribution in [2.24, 2.45) is 0 Å². The van der Waals surface area contributed by atoms with Crippen molar-refractivity contribution in [3.8, 4) is 0 Å². The average Bonchev–Trinajstić information content (AvgIpc) is 2.77. The van der Waals surface area contributed by atoms with Crippen LogP contribution in [0.2, 0.25) is 0 Å². The fourth-order valence-corrected chi connectivity index (χ4v) is 1.97. The molecule has 0 atom stereocenters. The average molecular weight is 325 g/mol. The number of nitrogens with zero attached hydrogens (tertiary/aromatic N) is 3. The molecule has 1 heterocycles. The van der Waals surface area contributed by atoms with E-state index < -0.39 is 11.9 Å². The van der Waals surface area contributed by atoms with Crippen molar-refractivity contribution in [3.05, 3.63) is 30.5 Å². The Kier molecular flexibility index (Phi) is 10.2. The first-order valence-corrected chi connectivity index (χ1v) is 6.13. The molecule has 0 aliphatic carbocycles. The Hall–Kier alpha value is -0.410. The Morgan fingerprint density at radius 1 is 1.09 bits per heavy atom. The van der Waals surface area contributed by atoms with Crippen LogP contribution in [-0.4, -0.2) is 116 Å². The van der Waals surface area contributed by atoms with Crippen molar-refractivity contribution in [2.75, 3.05) is 19.6 Å². The first-order valence-electron chi connectivity index (χ1n) is 6.13. The fraction of sp³-hybridized carbons (Fsp3) is 0.308. The van der Waals surface area contributed by atoms with Gasteiger partial charge in [-0.3, -0.25) is 19.2 Å². The van der Waals surface area contributed by atoms with Crippen molar-refractivity contribution in [1.29, 1.82) is 0 Å². The van der Waals surface area contributed by atoms with E-state index in [9.17, 15) is 9.59 Å². The van der Waals surface area contributed by atoms with E-state index in [-0.39, 0.29) is 72.2 Å². The van der Waals surface area contributed by atoms with Gasteiger partial charge in [-0.05, 0) is 6.07 Å². The van der Waals surface area contributed by atoms with Crippen molar-refractivity contribution in [1.82, 2.24) is 14.7 Å². The third-order valence-corrected chi connectivity index (χ3v) is 2.82. The summed E-state index contributed by atoms with van der Waals surface area (Å²) in [4.78, 5) is 22.7. The molecule has 1 aromatic carbocycles. The number of carboxylic acid groups (broad SMARTS) is 2. The number of aliphatic carboxylic acids is 2. The van der Waals surface area contributed by atoms with Gasteiger partial charge in [0.2, 0.25) is 0 Å². The standard InChI is InChI=1S/C13H15N3O4.2Na.2H/c17-12(18)8-15(9-13(19)20)5-6-16-7-10-3-1-2-4-11(10)14-16;;;;/h1-4,7H,5-6,8-9H2,(H,17,18)(H,19,20);;;;. The van der Waals surface area contributed by atoms with E-state index in [1.807, 2.05) is 30.5 Å². The van der Waals surface area contributed by atoms with Gasteiger partial charge in [-0.1, -0.05) is 18.2 Å². The maximum atomic E-state index is 10.7. The van der Waals surface area contributed by atoms with Crippen LogP contribution in [0.15, 0.2) is 30.5 Å². The van der Waals surface area contributed by atoms with Gasteiger partial charge in [0.1, 0.15) is 0 Å². The molecule has 0 saturated heterocycles. The molecule has 0 aliphatic rings. The molecular weight excluding hydrogens is 308 g/mol. The summed E-state index contributed by atoms with van der Waals surface area (Å²) in [7, 11) is 0. The zero-order chi connectivity index (χ0) is 14.5. The normalized spacial score (nSPS) is 10.0. The molecule has 2 aromatic rings. The Morgan fingerprint density at radius 2 is 1.68 bits per heavy atom. The number of rotatable bonds is 7. The molecule has 0 aliphatic heterocycles. The second kappa shape index (κ2) is 10.4. The topological polar surface area (TPSA) is 95.7 Å². The van der Waals surface area contributed by atoms with Crippen LogP contribution in [0.1, 0.15) is 0 Å². The van der Waals surface area contributed by atoms with E-state index in [2.05, 4.69) is 5.10 Å². The van der Waals surface area contributed by atoms with Gasteiger partial charge in [0.15, 0.2) is 0 Å². The molecule has 2 N–H and O–H groups in total. The second-order valence-electron chi connectivity index (χ2n) is 4.45. The van der Waals surface area contributed by atoms with Crippen LogP contribution >= 0.6 is 0 Å². The first-order chi connectivity index (χ1) is 9.54. The number of hydrogen-bond acceptors (Lipinski definition) is 4. The van der Waals surface area contributed by atoms with Crippen LogP contribution in [-0.2, 0) is 16.1 Å². The molecule has 22 heavy (non-hydrogen) atoms. The van der Waals surface area contributed by atoms with E-state index in [1.54, 1.807) is 4.68 Å². The van der Waals surface area contributed by atoms with E-state index in [0.29, 0.717) is 13.1 Å². The monoisotopic (exact) mass is 325 g/mol. The Labute approximate surface area is 171 Å². The molecular formula is C13H17N3Na2O4. The zero-order valence-corrected chi connectivity index (χ0v) is 10.8. The predicted molar refractivity (Wildman–Crippen MR) is 85.7 cm³/mol. The van der Waals surface area contributed by atoms with Gasteiger partial charge in [0.05, 0.1) is 25.2 Å². The van der Waals surface area contributed by atoms with Crippen LogP contribution in [0.3, 0.4) is 0 Å². The quantitative estimate of drug-likeness (QED) is 0.648.